The van der Waals surface area contributed by atoms with Crippen LogP contribution in [-0.2, 0) is 14.8 Å². The number of rotatable bonds is 2. The summed E-state index contributed by atoms with van der Waals surface area (Å²) in [4.78, 5) is 4.59. The first-order chi connectivity index (χ1) is 11.1. The van der Waals surface area contributed by atoms with Crippen LogP contribution in [0, 0.1) is 0 Å². The van der Waals surface area contributed by atoms with Crippen molar-refractivity contribution in [2.24, 2.45) is 0 Å². The van der Waals surface area contributed by atoms with Crippen LogP contribution in [0.4, 0.5) is 0 Å². The second-order valence-electron chi connectivity index (χ2n) is 6.40. The van der Waals surface area contributed by atoms with Crippen LogP contribution in [-0.4, -0.2) is 43.0 Å². The molecule has 2 saturated heterocycles. The topological polar surface area (TPSA) is 59.5 Å². The quantitative estimate of drug-likeness (QED) is 0.848. The summed E-state index contributed by atoms with van der Waals surface area (Å²) in [5, 5.41) is 0.848. The highest BCUT2D eigenvalue weighted by Gasteiger charge is 2.41. The lowest BCUT2D eigenvalue weighted by molar-refractivity contribution is -0.0309. The highest BCUT2D eigenvalue weighted by Crippen LogP contribution is 2.37. The maximum absolute atomic E-state index is 12.9. The molecule has 3 heterocycles. The summed E-state index contributed by atoms with van der Waals surface area (Å²) >= 11 is 0. The van der Waals surface area contributed by atoms with E-state index >= 15 is 0 Å². The van der Waals surface area contributed by atoms with E-state index in [2.05, 4.69) is 4.98 Å². The molecule has 2 fully saturated rings. The van der Waals surface area contributed by atoms with E-state index in [1.165, 1.54) is 0 Å². The monoisotopic (exact) mass is 332 g/mol. The molecule has 0 aliphatic carbocycles. The van der Waals surface area contributed by atoms with Crippen LogP contribution in [0.5, 0.6) is 0 Å². The zero-order valence-electron chi connectivity index (χ0n) is 12.9. The molecule has 122 valence electrons. The summed E-state index contributed by atoms with van der Waals surface area (Å²) in [6.07, 6.45) is 5.44. The average Bonchev–Trinajstić information content (AvgIpc) is 3.03. The van der Waals surface area contributed by atoms with Crippen molar-refractivity contribution >= 4 is 20.9 Å². The molecule has 1 aromatic carbocycles. The first kappa shape index (κ1) is 15.1. The molecule has 2 aliphatic heterocycles. The average molecular weight is 332 g/mol. The molecular formula is C17H20N2O3S. The highest BCUT2D eigenvalue weighted by molar-refractivity contribution is 7.89. The van der Waals surface area contributed by atoms with Crippen LogP contribution in [0.25, 0.3) is 10.9 Å². The Morgan fingerprint density at radius 3 is 2.70 bits per heavy atom. The Morgan fingerprint density at radius 1 is 1.13 bits per heavy atom. The molecule has 2 aromatic rings. The number of hydrogen-bond acceptors (Lipinski definition) is 4. The minimum atomic E-state index is -3.45. The lowest BCUT2D eigenvalue weighted by Gasteiger charge is -2.37. The molecule has 0 saturated carbocycles. The van der Waals surface area contributed by atoms with Crippen molar-refractivity contribution < 1.29 is 13.2 Å². The molecule has 5 nitrogen and oxygen atoms in total. The van der Waals surface area contributed by atoms with Gasteiger partial charge in [-0.25, -0.2) is 8.42 Å². The SMILES string of the molecule is O=S(=O)(c1ccc2ncccc2c1)N1CCC2(CCCO2)CC1. The van der Waals surface area contributed by atoms with E-state index in [9.17, 15) is 8.42 Å². The summed E-state index contributed by atoms with van der Waals surface area (Å²) in [5.41, 5.74) is 0.739. The predicted octanol–water partition coefficient (Wildman–Crippen LogP) is 2.57. The fraction of sp³-hybridized carbons (Fsp3) is 0.471. The number of nitrogens with zero attached hydrogens (tertiary/aromatic N) is 2. The molecular weight excluding hydrogens is 312 g/mol. The van der Waals surface area contributed by atoms with Gasteiger partial charge < -0.3 is 4.74 Å². The van der Waals surface area contributed by atoms with E-state index in [1.807, 2.05) is 12.1 Å². The summed E-state index contributed by atoms with van der Waals surface area (Å²) in [6, 6.07) is 8.85. The number of aromatic nitrogens is 1. The molecule has 0 N–H and O–H groups in total. The standard InChI is InChI=1S/C17H20N2O3S/c20-23(21,15-4-5-16-14(13-15)3-1-9-18-16)19-10-7-17(8-11-19)6-2-12-22-17/h1,3-5,9,13H,2,6-8,10-12H2. The minimum Gasteiger partial charge on any atom is -0.375 e. The Kier molecular flexibility index (Phi) is 3.63. The summed E-state index contributed by atoms with van der Waals surface area (Å²) < 4.78 is 33.3. The largest absolute Gasteiger partial charge is 0.375 e. The molecule has 2 aliphatic rings. The van der Waals surface area contributed by atoms with Gasteiger partial charge in [-0.15, -0.1) is 0 Å². The zero-order chi connectivity index (χ0) is 15.9. The second-order valence-corrected chi connectivity index (χ2v) is 8.33. The Labute approximate surface area is 136 Å². The van der Waals surface area contributed by atoms with Crippen molar-refractivity contribution in [1.29, 1.82) is 0 Å². The molecule has 0 bridgehead atoms. The number of piperidine rings is 1. The van der Waals surface area contributed by atoms with Crippen LogP contribution in [0.15, 0.2) is 41.4 Å². The minimum absolute atomic E-state index is 0.0701. The van der Waals surface area contributed by atoms with Crippen LogP contribution < -0.4 is 0 Å². The third-order valence-electron chi connectivity index (χ3n) is 5.03. The van der Waals surface area contributed by atoms with Gasteiger partial charge in [-0.3, -0.25) is 4.98 Å². The van der Waals surface area contributed by atoms with E-state index in [0.717, 1.165) is 43.2 Å². The van der Waals surface area contributed by atoms with Gasteiger partial charge in [0.25, 0.3) is 0 Å². The Morgan fingerprint density at radius 2 is 1.96 bits per heavy atom. The Hall–Kier alpha value is -1.50. The zero-order valence-corrected chi connectivity index (χ0v) is 13.8. The van der Waals surface area contributed by atoms with Crippen LogP contribution in [0.2, 0.25) is 0 Å². The van der Waals surface area contributed by atoms with E-state index in [4.69, 9.17) is 4.74 Å². The fourth-order valence-electron chi connectivity index (χ4n) is 3.65. The smallest absolute Gasteiger partial charge is 0.243 e. The van der Waals surface area contributed by atoms with E-state index in [0.29, 0.717) is 18.0 Å². The van der Waals surface area contributed by atoms with Gasteiger partial charge in [0.15, 0.2) is 0 Å². The van der Waals surface area contributed by atoms with Gasteiger partial charge in [0.1, 0.15) is 0 Å². The number of benzene rings is 1. The van der Waals surface area contributed by atoms with Gasteiger partial charge in [0.2, 0.25) is 10.0 Å². The fourth-order valence-corrected chi connectivity index (χ4v) is 5.12. The lowest BCUT2D eigenvalue weighted by atomic mass is 9.90. The Balaban J connectivity index is 1.59. The molecule has 4 rings (SSSR count). The van der Waals surface area contributed by atoms with Crippen molar-refractivity contribution in [3.05, 3.63) is 36.5 Å². The number of ether oxygens (including phenoxy) is 1. The first-order valence-electron chi connectivity index (χ1n) is 8.08. The summed E-state index contributed by atoms with van der Waals surface area (Å²) in [7, 11) is -3.45. The third-order valence-corrected chi connectivity index (χ3v) is 6.93. The predicted molar refractivity (Wildman–Crippen MR) is 87.7 cm³/mol. The van der Waals surface area contributed by atoms with Gasteiger partial charge in [0.05, 0.1) is 16.0 Å². The van der Waals surface area contributed by atoms with Gasteiger partial charge in [-0.2, -0.15) is 4.31 Å². The molecule has 23 heavy (non-hydrogen) atoms. The highest BCUT2D eigenvalue weighted by atomic mass is 32.2. The Bertz CT molecular complexity index is 819. The molecule has 6 heteroatoms. The van der Waals surface area contributed by atoms with E-state index < -0.39 is 10.0 Å². The van der Waals surface area contributed by atoms with Crippen molar-refractivity contribution in [2.45, 2.75) is 36.2 Å². The molecule has 0 unspecified atom stereocenters. The third kappa shape index (κ3) is 2.65. The number of hydrogen-bond donors (Lipinski definition) is 0. The van der Waals surface area contributed by atoms with Crippen molar-refractivity contribution in [3.63, 3.8) is 0 Å². The molecule has 1 spiro atoms. The van der Waals surface area contributed by atoms with Gasteiger partial charge in [0, 0.05) is 31.3 Å². The molecule has 1 aromatic heterocycles. The molecule has 0 radical (unpaired) electrons. The lowest BCUT2D eigenvalue weighted by Crippen LogP contribution is -2.46. The number of fused-ring (bicyclic) bond motifs is 1. The van der Waals surface area contributed by atoms with Crippen LogP contribution in [0.3, 0.4) is 0 Å². The van der Waals surface area contributed by atoms with Crippen molar-refractivity contribution in [3.8, 4) is 0 Å². The van der Waals surface area contributed by atoms with Gasteiger partial charge in [-0.1, -0.05) is 6.07 Å². The first-order valence-corrected chi connectivity index (χ1v) is 9.52. The maximum Gasteiger partial charge on any atom is 0.243 e. The molecule has 0 amide bonds. The normalized spacial score (nSPS) is 21.9. The van der Waals surface area contributed by atoms with Crippen molar-refractivity contribution in [2.75, 3.05) is 19.7 Å². The van der Waals surface area contributed by atoms with Gasteiger partial charge >= 0.3 is 0 Å². The number of pyridine rings is 1. The number of sulfonamides is 1. The summed E-state index contributed by atoms with van der Waals surface area (Å²) in [5.74, 6) is 0. The summed E-state index contributed by atoms with van der Waals surface area (Å²) in [6.45, 7) is 1.88. The maximum atomic E-state index is 12.9. The molecule has 0 atom stereocenters. The van der Waals surface area contributed by atoms with Gasteiger partial charge in [-0.05, 0) is 49.9 Å². The van der Waals surface area contributed by atoms with Crippen molar-refractivity contribution in [1.82, 2.24) is 9.29 Å². The second kappa shape index (κ2) is 5.54. The van der Waals surface area contributed by atoms with E-state index in [-0.39, 0.29) is 5.60 Å². The van der Waals surface area contributed by atoms with Crippen LogP contribution >= 0.6 is 0 Å². The van der Waals surface area contributed by atoms with E-state index in [1.54, 1.807) is 28.7 Å². The van der Waals surface area contributed by atoms with Crippen LogP contribution in [0.1, 0.15) is 25.7 Å².